The van der Waals surface area contributed by atoms with Gasteiger partial charge in [-0.2, -0.15) is 4.98 Å². The molecule has 0 saturated carbocycles. The second kappa shape index (κ2) is 5.32. The minimum Gasteiger partial charge on any atom is -0.357 e. The first-order chi connectivity index (χ1) is 10.2. The molecule has 4 nitrogen and oxygen atoms in total. The monoisotopic (exact) mass is 286 g/mol. The summed E-state index contributed by atoms with van der Waals surface area (Å²) < 4.78 is 26.5. The summed E-state index contributed by atoms with van der Waals surface area (Å²) in [5.74, 6) is -0.391. The lowest BCUT2D eigenvalue weighted by Crippen LogP contribution is -2.02. The molecule has 0 bridgehead atoms. The van der Waals surface area contributed by atoms with Gasteiger partial charge < -0.3 is 10.6 Å². The Morgan fingerprint density at radius 3 is 2.38 bits per heavy atom. The molecule has 0 radical (unpaired) electrons. The number of hydrogen-bond donors (Lipinski definition) is 2. The summed E-state index contributed by atoms with van der Waals surface area (Å²) in [5, 5.41) is 6.55. The van der Waals surface area contributed by atoms with Gasteiger partial charge in [-0.15, -0.1) is 0 Å². The van der Waals surface area contributed by atoms with Crippen molar-refractivity contribution in [3.05, 3.63) is 54.1 Å². The van der Waals surface area contributed by atoms with E-state index in [0.717, 1.165) is 17.0 Å². The highest BCUT2D eigenvalue weighted by Gasteiger charge is 2.08. The molecule has 1 heterocycles. The highest BCUT2D eigenvalue weighted by atomic mass is 19.1. The zero-order chi connectivity index (χ0) is 14.8. The van der Waals surface area contributed by atoms with Crippen molar-refractivity contribution in [1.82, 2.24) is 9.97 Å². The van der Waals surface area contributed by atoms with Gasteiger partial charge in [0.25, 0.3) is 0 Å². The summed E-state index contributed by atoms with van der Waals surface area (Å²) in [6, 6.07) is 10.6. The highest BCUT2D eigenvalue weighted by Crippen LogP contribution is 2.25. The van der Waals surface area contributed by atoms with Gasteiger partial charge in [-0.3, -0.25) is 0 Å². The lowest BCUT2D eigenvalue weighted by molar-refractivity contribution is 0.584. The number of halogens is 2. The van der Waals surface area contributed by atoms with Crippen molar-refractivity contribution in [2.75, 3.05) is 17.7 Å². The standard InChI is InChI=1S/C15H12F2N4/c1-18-15-20-13-5-3-2-4-12(13)14(21-15)19-11-7-9(16)6-10(17)8-11/h2-8H,1H3,(H2,18,19,20,21). The first-order valence-electron chi connectivity index (χ1n) is 6.33. The van der Waals surface area contributed by atoms with E-state index < -0.39 is 11.6 Å². The van der Waals surface area contributed by atoms with Crippen LogP contribution < -0.4 is 10.6 Å². The Labute approximate surface area is 119 Å². The van der Waals surface area contributed by atoms with Gasteiger partial charge in [-0.25, -0.2) is 13.8 Å². The molecule has 0 spiro atoms. The third-order valence-corrected chi connectivity index (χ3v) is 2.95. The lowest BCUT2D eigenvalue weighted by atomic mass is 10.2. The zero-order valence-electron chi connectivity index (χ0n) is 11.2. The van der Waals surface area contributed by atoms with Crippen molar-refractivity contribution in [2.24, 2.45) is 0 Å². The fourth-order valence-electron chi connectivity index (χ4n) is 2.05. The molecule has 3 rings (SSSR count). The second-order valence-electron chi connectivity index (χ2n) is 4.45. The molecular weight excluding hydrogens is 274 g/mol. The molecule has 2 aromatic carbocycles. The number of nitrogens with one attached hydrogen (secondary N) is 2. The molecule has 0 amide bonds. The topological polar surface area (TPSA) is 49.8 Å². The van der Waals surface area contributed by atoms with Crippen LogP contribution in [0.1, 0.15) is 0 Å². The van der Waals surface area contributed by atoms with Crippen LogP contribution in [0.15, 0.2) is 42.5 Å². The minimum atomic E-state index is -0.648. The van der Waals surface area contributed by atoms with Crippen LogP contribution in [0.25, 0.3) is 10.9 Å². The van der Waals surface area contributed by atoms with E-state index in [9.17, 15) is 8.78 Å². The van der Waals surface area contributed by atoms with Crippen molar-refractivity contribution in [2.45, 2.75) is 0 Å². The number of anilines is 3. The van der Waals surface area contributed by atoms with Crippen molar-refractivity contribution in [1.29, 1.82) is 0 Å². The van der Waals surface area contributed by atoms with Gasteiger partial charge in [0.15, 0.2) is 0 Å². The van der Waals surface area contributed by atoms with Crippen molar-refractivity contribution >= 4 is 28.4 Å². The average molecular weight is 286 g/mol. The van der Waals surface area contributed by atoms with E-state index in [0.29, 0.717) is 17.5 Å². The normalized spacial score (nSPS) is 10.6. The molecule has 0 aliphatic heterocycles. The van der Waals surface area contributed by atoms with Crippen molar-refractivity contribution in [3.8, 4) is 0 Å². The van der Waals surface area contributed by atoms with Crippen molar-refractivity contribution < 1.29 is 8.78 Å². The van der Waals surface area contributed by atoms with Gasteiger partial charge in [0.2, 0.25) is 5.95 Å². The minimum absolute atomic E-state index is 0.290. The fraction of sp³-hybridized carbons (Fsp3) is 0.0667. The number of hydrogen-bond acceptors (Lipinski definition) is 4. The smallest absolute Gasteiger partial charge is 0.224 e. The predicted molar refractivity (Wildman–Crippen MR) is 78.7 cm³/mol. The first-order valence-corrected chi connectivity index (χ1v) is 6.33. The summed E-state index contributed by atoms with van der Waals surface area (Å²) in [5.41, 5.74) is 1.02. The van der Waals surface area contributed by atoms with E-state index in [-0.39, 0.29) is 0 Å². The van der Waals surface area contributed by atoms with Crippen LogP contribution in [0, 0.1) is 11.6 Å². The zero-order valence-corrected chi connectivity index (χ0v) is 11.2. The largest absolute Gasteiger partial charge is 0.357 e. The van der Waals surface area contributed by atoms with E-state index in [1.165, 1.54) is 12.1 Å². The van der Waals surface area contributed by atoms with Crippen LogP contribution in [0.5, 0.6) is 0 Å². The third kappa shape index (κ3) is 2.74. The number of nitrogens with zero attached hydrogens (tertiary/aromatic N) is 2. The quantitative estimate of drug-likeness (QED) is 0.771. The van der Waals surface area contributed by atoms with Crippen LogP contribution in [-0.4, -0.2) is 17.0 Å². The molecule has 1 aromatic heterocycles. The number of fused-ring (bicyclic) bond motifs is 1. The Hall–Kier alpha value is -2.76. The molecule has 0 unspecified atom stereocenters. The van der Waals surface area contributed by atoms with E-state index in [4.69, 9.17) is 0 Å². The fourth-order valence-corrected chi connectivity index (χ4v) is 2.05. The molecule has 0 aliphatic carbocycles. The highest BCUT2D eigenvalue weighted by molar-refractivity contribution is 5.91. The van der Waals surface area contributed by atoms with Gasteiger partial charge in [-0.05, 0) is 24.3 Å². The Balaban J connectivity index is 2.10. The first kappa shape index (κ1) is 13.2. The number of benzene rings is 2. The molecule has 21 heavy (non-hydrogen) atoms. The van der Waals surface area contributed by atoms with Crippen LogP contribution >= 0.6 is 0 Å². The molecule has 0 atom stereocenters. The van der Waals surface area contributed by atoms with Crippen LogP contribution in [0.3, 0.4) is 0 Å². The SMILES string of the molecule is CNc1nc(Nc2cc(F)cc(F)c2)c2ccccc2n1. The molecule has 106 valence electrons. The van der Waals surface area contributed by atoms with Gasteiger partial charge in [0.1, 0.15) is 17.5 Å². The van der Waals surface area contributed by atoms with E-state index >= 15 is 0 Å². The maximum absolute atomic E-state index is 13.3. The van der Waals surface area contributed by atoms with E-state index in [1.54, 1.807) is 7.05 Å². The van der Waals surface area contributed by atoms with E-state index in [1.807, 2.05) is 24.3 Å². The lowest BCUT2D eigenvalue weighted by Gasteiger charge is -2.10. The average Bonchev–Trinajstić information content (AvgIpc) is 2.46. The van der Waals surface area contributed by atoms with Gasteiger partial charge in [0.05, 0.1) is 5.52 Å². The number of para-hydroxylation sites is 1. The van der Waals surface area contributed by atoms with Crippen LogP contribution in [0.2, 0.25) is 0 Å². The van der Waals surface area contributed by atoms with Crippen LogP contribution in [0.4, 0.5) is 26.2 Å². The summed E-state index contributed by atoms with van der Waals surface area (Å²) in [4.78, 5) is 8.62. The molecular formula is C15H12F2N4. The van der Waals surface area contributed by atoms with Crippen LogP contribution in [-0.2, 0) is 0 Å². The number of rotatable bonds is 3. The summed E-state index contributed by atoms with van der Waals surface area (Å²) in [7, 11) is 1.70. The van der Waals surface area contributed by atoms with Gasteiger partial charge >= 0.3 is 0 Å². The predicted octanol–water partition coefficient (Wildman–Crippen LogP) is 3.69. The molecule has 0 fully saturated rings. The Kier molecular flexibility index (Phi) is 3.35. The second-order valence-corrected chi connectivity index (χ2v) is 4.45. The van der Waals surface area contributed by atoms with Crippen molar-refractivity contribution in [3.63, 3.8) is 0 Å². The van der Waals surface area contributed by atoms with Gasteiger partial charge in [-0.1, -0.05) is 12.1 Å². The van der Waals surface area contributed by atoms with Gasteiger partial charge in [0, 0.05) is 24.2 Å². The molecule has 3 aromatic rings. The Morgan fingerprint density at radius 2 is 1.67 bits per heavy atom. The molecule has 6 heteroatoms. The summed E-state index contributed by atoms with van der Waals surface area (Å²) in [6.45, 7) is 0. The third-order valence-electron chi connectivity index (χ3n) is 2.95. The maximum Gasteiger partial charge on any atom is 0.224 e. The molecule has 0 aliphatic rings. The summed E-state index contributed by atoms with van der Waals surface area (Å²) in [6.07, 6.45) is 0. The summed E-state index contributed by atoms with van der Waals surface area (Å²) >= 11 is 0. The van der Waals surface area contributed by atoms with E-state index in [2.05, 4.69) is 20.6 Å². The number of aromatic nitrogens is 2. The molecule has 0 saturated heterocycles. The molecule has 2 N–H and O–H groups in total. The maximum atomic E-state index is 13.3. The Bertz CT molecular complexity index is 785. The Morgan fingerprint density at radius 1 is 0.952 bits per heavy atom.